The Labute approximate surface area is 87.1 Å². The molecule has 1 aromatic carbocycles. The van der Waals surface area contributed by atoms with Crippen LogP contribution in [0.1, 0.15) is 18.7 Å². The number of nitrogens with zero attached hydrogens (tertiary/aromatic N) is 1. The molecule has 0 aliphatic heterocycles. The molecule has 1 aromatic heterocycles. The van der Waals surface area contributed by atoms with Gasteiger partial charge in [0.2, 0.25) is 0 Å². The summed E-state index contributed by atoms with van der Waals surface area (Å²) in [6, 6.07) is 4.35. The predicted molar refractivity (Wildman–Crippen MR) is 56.0 cm³/mol. The van der Waals surface area contributed by atoms with Crippen LogP contribution in [0.3, 0.4) is 0 Å². The molecule has 15 heavy (non-hydrogen) atoms. The first-order chi connectivity index (χ1) is 7.29. The number of aryl methyl sites for hydroxylation is 1. The summed E-state index contributed by atoms with van der Waals surface area (Å²) in [5, 5.41) is 0. The maximum Gasteiger partial charge on any atom is 0.195 e. The van der Waals surface area contributed by atoms with E-state index >= 15 is 0 Å². The third kappa shape index (κ3) is 2.33. The summed E-state index contributed by atoms with van der Waals surface area (Å²) in [5.41, 5.74) is 6.61. The van der Waals surface area contributed by atoms with Crippen LogP contribution in [0.25, 0.3) is 11.1 Å². The second kappa shape index (κ2) is 4.40. The summed E-state index contributed by atoms with van der Waals surface area (Å²) < 4.78 is 18.3. The van der Waals surface area contributed by atoms with Gasteiger partial charge in [-0.3, -0.25) is 0 Å². The molecule has 0 spiro atoms. The summed E-state index contributed by atoms with van der Waals surface area (Å²) in [5.74, 6) is 0.369. The first kappa shape index (κ1) is 10.1. The van der Waals surface area contributed by atoms with Gasteiger partial charge in [-0.25, -0.2) is 9.37 Å². The average Bonchev–Trinajstić information content (AvgIpc) is 2.60. The number of hydrogen-bond donors (Lipinski definition) is 1. The molecular weight excluding hydrogens is 195 g/mol. The van der Waals surface area contributed by atoms with Crippen molar-refractivity contribution in [2.75, 3.05) is 6.54 Å². The molecule has 2 aromatic rings. The molecule has 0 fully saturated rings. The number of rotatable bonds is 4. The van der Waals surface area contributed by atoms with Gasteiger partial charge in [-0.2, -0.15) is 0 Å². The standard InChI is InChI=1S/C11H13FN2O/c12-8-4-5-10-9(7-8)14-11(15-10)3-1-2-6-13/h4-5,7H,1-3,6,13H2. The summed E-state index contributed by atoms with van der Waals surface area (Å²) in [6.07, 6.45) is 2.66. The van der Waals surface area contributed by atoms with Gasteiger partial charge >= 0.3 is 0 Å². The Morgan fingerprint density at radius 3 is 3.00 bits per heavy atom. The van der Waals surface area contributed by atoms with Crippen molar-refractivity contribution in [2.24, 2.45) is 5.73 Å². The molecule has 0 saturated heterocycles. The van der Waals surface area contributed by atoms with E-state index in [4.69, 9.17) is 10.2 Å². The van der Waals surface area contributed by atoms with E-state index in [2.05, 4.69) is 4.98 Å². The van der Waals surface area contributed by atoms with Gasteiger partial charge in [0.05, 0.1) is 0 Å². The van der Waals surface area contributed by atoms with Crippen molar-refractivity contribution in [1.29, 1.82) is 0 Å². The third-order valence-corrected chi connectivity index (χ3v) is 2.24. The van der Waals surface area contributed by atoms with Crippen LogP contribution in [0.2, 0.25) is 0 Å². The molecule has 80 valence electrons. The number of unbranched alkanes of at least 4 members (excludes halogenated alkanes) is 1. The number of benzene rings is 1. The fourth-order valence-electron chi connectivity index (χ4n) is 1.48. The number of oxazole rings is 1. The smallest absolute Gasteiger partial charge is 0.195 e. The zero-order valence-electron chi connectivity index (χ0n) is 8.37. The molecule has 0 aliphatic carbocycles. The highest BCUT2D eigenvalue weighted by atomic mass is 19.1. The molecule has 0 saturated carbocycles. The second-order valence-corrected chi connectivity index (χ2v) is 3.47. The molecule has 2 rings (SSSR count). The van der Waals surface area contributed by atoms with Crippen LogP contribution in [0, 0.1) is 5.82 Å². The summed E-state index contributed by atoms with van der Waals surface area (Å²) in [4.78, 5) is 4.20. The zero-order chi connectivity index (χ0) is 10.7. The number of hydrogen-bond acceptors (Lipinski definition) is 3. The minimum Gasteiger partial charge on any atom is -0.441 e. The third-order valence-electron chi connectivity index (χ3n) is 2.24. The Morgan fingerprint density at radius 2 is 2.20 bits per heavy atom. The molecular formula is C11H13FN2O. The van der Waals surface area contributed by atoms with E-state index in [1.807, 2.05) is 0 Å². The van der Waals surface area contributed by atoms with Crippen molar-refractivity contribution in [3.05, 3.63) is 29.9 Å². The van der Waals surface area contributed by atoms with E-state index in [0.717, 1.165) is 19.3 Å². The van der Waals surface area contributed by atoms with Gasteiger partial charge in [-0.15, -0.1) is 0 Å². The molecule has 0 radical (unpaired) electrons. The Hall–Kier alpha value is -1.42. The zero-order valence-corrected chi connectivity index (χ0v) is 8.37. The van der Waals surface area contributed by atoms with Crippen molar-refractivity contribution in [1.82, 2.24) is 4.98 Å². The van der Waals surface area contributed by atoms with Crippen molar-refractivity contribution < 1.29 is 8.81 Å². The highest BCUT2D eigenvalue weighted by Gasteiger charge is 2.05. The maximum absolute atomic E-state index is 12.9. The van der Waals surface area contributed by atoms with E-state index in [0.29, 0.717) is 23.5 Å². The second-order valence-electron chi connectivity index (χ2n) is 3.47. The van der Waals surface area contributed by atoms with E-state index in [-0.39, 0.29) is 5.82 Å². The molecule has 0 atom stereocenters. The van der Waals surface area contributed by atoms with E-state index < -0.39 is 0 Å². The van der Waals surface area contributed by atoms with Crippen molar-refractivity contribution in [2.45, 2.75) is 19.3 Å². The summed E-state index contributed by atoms with van der Waals surface area (Å²) in [6.45, 7) is 0.675. The average molecular weight is 208 g/mol. The molecule has 0 amide bonds. The molecule has 0 aliphatic rings. The van der Waals surface area contributed by atoms with Crippen molar-refractivity contribution in [3.63, 3.8) is 0 Å². The fraction of sp³-hybridized carbons (Fsp3) is 0.364. The van der Waals surface area contributed by atoms with E-state index in [1.54, 1.807) is 6.07 Å². The van der Waals surface area contributed by atoms with Crippen molar-refractivity contribution in [3.8, 4) is 0 Å². The quantitative estimate of drug-likeness (QED) is 0.784. The van der Waals surface area contributed by atoms with Crippen LogP contribution in [0.4, 0.5) is 4.39 Å². The molecule has 4 heteroatoms. The van der Waals surface area contributed by atoms with Crippen LogP contribution in [-0.4, -0.2) is 11.5 Å². The van der Waals surface area contributed by atoms with Gasteiger partial charge in [0, 0.05) is 12.5 Å². The molecule has 0 unspecified atom stereocenters. The largest absolute Gasteiger partial charge is 0.441 e. The maximum atomic E-state index is 12.9. The molecule has 3 nitrogen and oxygen atoms in total. The molecule has 0 bridgehead atoms. The molecule has 2 N–H and O–H groups in total. The monoisotopic (exact) mass is 208 g/mol. The number of halogens is 1. The minimum absolute atomic E-state index is 0.288. The first-order valence-electron chi connectivity index (χ1n) is 5.04. The van der Waals surface area contributed by atoms with Gasteiger partial charge in [-0.05, 0) is 31.5 Å². The Morgan fingerprint density at radius 1 is 1.33 bits per heavy atom. The van der Waals surface area contributed by atoms with E-state index in [1.165, 1.54) is 12.1 Å². The van der Waals surface area contributed by atoms with E-state index in [9.17, 15) is 4.39 Å². The lowest BCUT2D eigenvalue weighted by atomic mass is 10.2. The van der Waals surface area contributed by atoms with Gasteiger partial charge in [-0.1, -0.05) is 0 Å². The Bertz CT molecular complexity index is 453. The van der Waals surface area contributed by atoms with Crippen LogP contribution in [0.5, 0.6) is 0 Å². The minimum atomic E-state index is -0.288. The highest BCUT2D eigenvalue weighted by molar-refractivity contribution is 5.72. The number of aromatic nitrogens is 1. The van der Waals surface area contributed by atoms with Crippen LogP contribution < -0.4 is 5.73 Å². The fourth-order valence-corrected chi connectivity index (χ4v) is 1.48. The normalized spacial score (nSPS) is 11.1. The first-order valence-corrected chi connectivity index (χ1v) is 5.04. The summed E-state index contributed by atoms with van der Waals surface area (Å²) in [7, 11) is 0. The molecule has 1 heterocycles. The Kier molecular flexibility index (Phi) is 2.97. The number of nitrogens with two attached hydrogens (primary N) is 1. The predicted octanol–water partition coefficient (Wildman–Crippen LogP) is 2.25. The van der Waals surface area contributed by atoms with Gasteiger partial charge in [0.25, 0.3) is 0 Å². The SMILES string of the molecule is NCCCCc1nc2cc(F)ccc2o1. The van der Waals surface area contributed by atoms with Crippen LogP contribution in [0.15, 0.2) is 22.6 Å². The topological polar surface area (TPSA) is 52.0 Å². The Balaban J connectivity index is 2.16. The van der Waals surface area contributed by atoms with Crippen LogP contribution >= 0.6 is 0 Å². The van der Waals surface area contributed by atoms with Gasteiger partial charge in [0.15, 0.2) is 11.5 Å². The lowest BCUT2D eigenvalue weighted by Gasteiger charge is -1.92. The number of fused-ring (bicyclic) bond motifs is 1. The highest BCUT2D eigenvalue weighted by Crippen LogP contribution is 2.17. The lowest BCUT2D eigenvalue weighted by molar-refractivity contribution is 0.515. The lowest BCUT2D eigenvalue weighted by Crippen LogP contribution is -1.98. The van der Waals surface area contributed by atoms with Gasteiger partial charge < -0.3 is 10.2 Å². The van der Waals surface area contributed by atoms with Gasteiger partial charge in [0.1, 0.15) is 11.3 Å². The van der Waals surface area contributed by atoms with Crippen molar-refractivity contribution >= 4 is 11.1 Å². The summed E-state index contributed by atoms with van der Waals surface area (Å²) >= 11 is 0. The van der Waals surface area contributed by atoms with Crippen LogP contribution in [-0.2, 0) is 6.42 Å².